The lowest BCUT2D eigenvalue weighted by molar-refractivity contribution is -0.129. The Bertz CT molecular complexity index is 1360. The summed E-state index contributed by atoms with van der Waals surface area (Å²) in [7, 11) is 0. The number of hydrogen-bond acceptors (Lipinski definition) is 5. The van der Waals surface area contributed by atoms with Gasteiger partial charge in [0.1, 0.15) is 17.4 Å². The molecule has 0 aliphatic carbocycles. The van der Waals surface area contributed by atoms with Gasteiger partial charge in [0.15, 0.2) is 11.6 Å². The molecule has 2 N–H and O–H groups in total. The van der Waals surface area contributed by atoms with Crippen molar-refractivity contribution in [1.29, 1.82) is 0 Å². The molecule has 0 saturated heterocycles. The zero-order valence-electron chi connectivity index (χ0n) is 20.8. The van der Waals surface area contributed by atoms with Crippen LogP contribution in [0.2, 0.25) is 10.0 Å². The molecule has 1 amide bonds. The minimum atomic E-state index is -1.59. The average molecular weight is 575 g/mol. The molecule has 0 fully saturated rings. The van der Waals surface area contributed by atoms with Crippen LogP contribution in [0.5, 0.6) is 5.75 Å². The molecule has 0 radical (unpaired) electrons. The third-order valence-corrected chi connectivity index (χ3v) is 6.78. The maximum Gasteiger partial charge on any atom is 0.252 e. The van der Waals surface area contributed by atoms with E-state index in [1.807, 2.05) is 0 Å². The van der Waals surface area contributed by atoms with Crippen LogP contribution in [-0.4, -0.2) is 35.7 Å². The van der Waals surface area contributed by atoms with Crippen LogP contribution in [0.4, 0.5) is 8.78 Å². The van der Waals surface area contributed by atoms with E-state index in [0.29, 0.717) is 34.9 Å². The summed E-state index contributed by atoms with van der Waals surface area (Å²) in [5, 5.41) is 12.2. The number of ether oxygens (including phenoxy) is 2. The number of nitrogens with zero attached hydrogens (tertiary/aromatic N) is 1. The molecule has 0 aromatic heterocycles. The Kier molecular flexibility index (Phi) is 9.22. The van der Waals surface area contributed by atoms with Crippen LogP contribution in [0.15, 0.2) is 78.3 Å². The molecule has 6 nitrogen and oxygen atoms in total. The summed E-state index contributed by atoms with van der Waals surface area (Å²) in [5.41, 5.74) is -0.844. The van der Waals surface area contributed by atoms with Gasteiger partial charge in [0.2, 0.25) is 5.90 Å². The van der Waals surface area contributed by atoms with Crippen LogP contribution >= 0.6 is 23.2 Å². The van der Waals surface area contributed by atoms with Gasteiger partial charge in [0, 0.05) is 52.7 Å². The molecule has 204 valence electrons. The topological polar surface area (TPSA) is 80.2 Å². The Hall–Kier alpha value is -3.46. The maximum atomic E-state index is 14.3. The second kappa shape index (κ2) is 12.6. The van der Waals surface area contributed by atoms with Gasteiger partial charge in [-0.05, 0) is 48.5 Å². The summed E-state index contributed by atoms with van der Waals surface area (Å²) in [5.74, 6) is -1.43. The van der Waals surface area contributed by atoms with Crippen molar-refractivity contribution < 1.29 is 28.2 Å². The highest BCUT2D eigenvalue weighted by Gasteiger charge is 2.53. The van der Waals surface area contributed by atoms with Crippen LogP contribution in [0.3, 0.4) is 0 Å². The zero-order chi connectivity index (χ0) is 28.0. The van der Waals surface area contributed by atoms with E-state index in [1.54, 1.807) is 36.4 Å². The quantitative estimate of drug-likeness (QED) is 0.211. The van der Waals surface area contributed by atoms with Gasteiger partial charge in [0.05, 0.1) is 6.61 Å². The van der Waals surface area contributed by atoms with E-state index in [-0.39, 0.29) is 29.5 Å². The minimum Gasteiger partial charge on any atom is -0.494 e. The first-order valence-electron chi connectivity index (χ1n) is 12.2. The van der Waals surface area contributed by atoms with Crippen molar-refractivity contribution in [2.75, 3.05) is 13.2 Å². The van der Waals surface area contributed by atoms with E-state index in [9.17, 15) is 13.6 Å². The normalized spacial score (nSPS) is 18.3. The molecule has 0 bridgehead atoms. The van der Waals surface area contributed by atoms with Gasteiger partial charge in [-0.2, -0.15) is 0 Å². The molecular formula is C29H26Cl2F2N2O4. The zero-order valence-corrected chi connectivity index (χ0v) is 22.3. The molecule has 1 heterocycles. The summed E-state index contributed by atoms with van der Waals surface area (Å²) in [6, 6.07) is 15.2. The molecule has 4 rings (SSSR count). The molecule has 39 heavy (non-hydrogen) atoms. The standard InChI is InChI=1S/C29H26Cl2F2N2O4/c1-2-13-29(28(37)34-17-22-24(32)5-3-6-25(22)33)26(21-12-9-19(30)16-23(21)31)39-27(35-29)18-7-10-20(11-8-18)38-15-4-14-36/h2-3,5-12,16,26,36H,1,4,13-15,17H2,(H,34,37)/t26-,29-/m1/s1. The highest BCUT2D eigenvalue weighted by Crippen LogP contribution is 2.45. The minimum absolute atomic E-state index is 0.0222. The van der Waals surface area contributed by atoms with Crippen LogP contribution < -0.4 is 10.1 Å². The van der Waals surface area contributed by atoms with Gasteiger partial charge in [-0.1, -0.05) is 41.4 Å². The van der Waals surface area contributed by atoms with Crippen LogP contribution in [0, 0.1) is 11.6 Å². The number of hydrogen-bond donors (Lipinski definition) is 2. The molecule has 3 aromatic rings. The van der Waals surface area contributed by atoms with Crippen molar-refractivity contribution >= 4 is 35.0 Å². The number of rotatable bonds is 11. The number of aliphatic hydroxyl groups is 1. The number of amides is 1. The second-order valence-electron chi connectivity index (χ2n) is 8.83. The molecule has 0 unspecified atom stereocenters. The predicted octanol–water partition coefficient (Wildman–Crippen LogP) is 6.18. The summed E-state index contributed by atoms with van der Waals surface area (Å²) >= 11 is 12.6. The molecule has 1 aliphatic rings. The summed E-state index contributed by atoms with van der Waals surface area (Å²) in [6.45, 7) is 3.77. The third-order valence-electron chi connectivity index (χ3n) is 6.22. The molecule has 2 atom stereocenters. The Morgan fingerprint density at radius 1 is 1.15 bits per heavy atom. The Morgan fingerprint density at radius 3 is 2.51 bits per heavy atom. The smallest absolute Gasteiger partial charge is 0.252 e. The van der Waals surface area contributed by atoms with E-state index in [4.69, 9.17) is 42.8 Å². The van der Waals surface area contributed by atoms with Crippen LogP contribution in [0.1, 0.15) is 35.6 Å². The first-order valence-corrected chi connectivity index (χ1v) is 12.9. The van der Waals surface area contributed by atoms with Crippen molar-refractivity contribution in [2.45, 2.75) is 31.0 Å². The van der Waals surface area contributed by atoms with Crippen molar-refractivity contribution in [3.63, 3.8) is 0 Å². The Labute approximate surface area is 234 Å². The van der Waals surface area contributed by atoms with Crippen LogP contribution in [-0.2, 0) is 16.1 Å². The maximum absolute atomic E-state index is 14.3. The van der Waals surface area contributed by atoms with Crippen LogP contribution in [0.25, 0.3) is 0 Å². The van der Waals surface area contributed by atoms with Crippen molar-refractivity contribution in [3.8, 4) is 5.75 Å². The summed E-state index contributed by atoms with van der Waals surface area (Å²) in [4.78, 5) is 18.5. The first-order chi connectivity index (χ1) is 18.8. The SMILES string of the molecule is C=CC[C@@]1(C(=O)NCc2c(F)cccc2F)N=C(c2ccc(OCCCO)cc2)O[C@@H]1c1ccc(Cl)cc1Cl. The molecular weight excluding hydrogens is 549 g/mol. The van der Waals surface area contributed by atoms with Crippen molar-refractivity contribution in [1.82, 2.24) is 5.32 Å². The van der Waals surface area contributed by atoms with Crippen molar-refractivity contribution in [3.05, 3.63) is 112 Å². The monoisotopic (exact) mass is 574 g/mol. The fourth-order valence-electron chi connectivity index (χ4n) is 4.25. The van der Waals surface area contributed by atoms with E-state index in [2.05, 4.69) is 11.9 Å². The number of benzene rings is 3. The van der Waals surface area contributed by atoms with E-state index < -0.39 is 35.7 Å². The van der Waals surface area contributed by atoms with Crippen molar-refractivity contribution in [2.24, 2.45) is 4.99 Å². The number of carbonyl (C=O) groups is 1. The van der Waals surface area contributed by atoms with Gasteiger partial charge >= 0.3 is 0 Å². The number of carbonyl (C=O) groups excluding carboxylic acids is 1. The second-order valence-corrected chi connectivity index (χ2v) is 9.67. The number of halogens is 4. The lowest BCUT2D eigenvalue weighted by Crippen LogP contribution is -2.48. The predicted molar refractivity (Wildman–Crippen MR) is 146 cm³/mol. The fourth-order valence-corrected chi connectivity index (χ4v) is 4.76. The van der Waals surface area contributed by atoms with Gasteiger partial charge in [-0.3, -0.25) is 4.79 Å². The highest BCUT2D eigenvalue weighted by atomic mass is 35.5. The molecule has 3 aromatic carbocycles. The van der Waals surface area contributed by atoms with E-state index in [1.165, 1.54) is 18.2 Å². The summed E-state index contributed by atoms with van der Waals surface area (Å²) < 4.78 is 40.4. The van der Waals surface area contributed by atoms with Gasteiger partial charge < -0.3 is 19.9 Å². The Balaban J connectivity index is 1.71. The van der Waals surface area contributed by atoms with E-state index in [0.717, 1.165) is 12.1 Å². The molecule has 0 spiro atoms. The largest absolute Gasteiger partial charge is 0.494 e. The molecule has 1 aliphatic heterocycles. The average Bonchev–Trinajstić information content (AvgIpc) is 3.29. The molecule has 10 heteroatoms. The first kappa shape index (κ1) is 28.5. The number of aliphatic imine (C=N–C) groups is 1. The third kappa shape index (κ3) is 6.24. The lowest BCUT2D eigenvalue weighted by Gasteiger charge is -2.30. The lowest BCUT2D eigenvalue weighted by atomic mass is 9.84. The number of aliphatic hydroxyl groups excluding tert-OH is 1. The Morgan fingerprint density at radius 2 is 1.87 bits per heavy atom. The van der Waals surface area contributed by atoms with Gasteiger partial charge in [-0.15, -0.1) is 6.58 Å². The number of nitrogens with one attached hydrogen (secondary N) is 1. The highest BCUT2D eigenvalue weighted by molar-refractivity contribution is 6.35. The fraction of sp³-hybridized carbons (Fsp3) is 0.241. The molecule has 0 saturated carbocycles. The van der Waals surface area contributed by atoms with Gasteiger partial charge in [0.25, 0.3) is 5.91 Å². The summed E-state index contributed by atoms with van der Waals surface area (Å²) in [6.07, 6.45) is 1.06. The van der Waals surface area contributed by atoms with Gasteiger partial charge in [-0.25, -0.2) is 13.8 Å². The van der Waals surface area contributed by atoms with E-state index >= 15 is 0 Å².